The van der Waals surface area contributed by atoms with Crippen molar-refractivity contribution in [2.75, 3.05) is 22.5 Å². The van der Waals surface area contributed by atoms with E-state index >= 15 is 0 Å². The normalized spacial score (nSPS) is 10.4. The van der Waals surface area contributed by atoms with Crippen molar-refractivity contribution in [2.24, 2.45) is 0 Å². The van der Waals surface area contributed by atoms with Crippen LogP contribution in [0.5, 0.6) is 0 Å². The Morgan fingerprint density at radius 3 is 2.43 bits per heavy atom. The Kier molecular flexibility index (Phi) is 4.59. The lowest BCUT2D eigenvalue weighted by atomic mass is 10.1. The average molecular weight is 304 g/mol. The molecule has 110 valence electrons. The summed E-state index contributed by atoms with van der Waals surface area (Å²) < 4.78 is 0. The van der Waals surface area contributed by atoms with Gasteiger partial charge in [-0.2, -0.15) is 15.0 Å². The van der Waals surface area contributed by atoms with Crippen molar-refractivity contribution in [3.8, 4) is 0 Å². The zero-order valence-corrected chi connectivity index (χ0v) is 12.6. The van der Waals surface area contributed by atoms with Crippen LogP contribution in [0.15, 0.2) is 23.4 Å². The Labute approximate surface area is 126 Å². The van der Waals surface area contributed by atoms with Gasteiger partial charge in [0.1, 0.15) is 0 Å². The number of nitrogens with zero attached hydrogens (tertiary/aromatic N) is 3. The number of hydrogen-bond acceptors (Lipinski definition) is 7. The highest BCUT2D eigenvalue weighted by atomic mass is 32.2. The molecule has 1 aromatic heterocycles. The van der Waals surface area contributed by atoms with Crippen molar-refractivity contribution < 1.29 is 4.79 Å². The van der Waals surface area contributed by atoms with E-state index < -0.39 is 0 Å². The molecular formula is C13H16N6OS. The Hall–Kier alpha value is -2.35. The number of aryl methyl sites for hydroxylation is 2. The van der Waals surface area contributed by atoms with Crippen LogP contribution in [0.3, 0.4) is 0 Å². The van der Waals surface area contributed by atoms with Crippen LogP contribution >= 0.6 is 11.8 Å². The number of carbonyl (C=O) groups excluding carboxylic acids is 1. The van der Waals surface area contributed by atoms with Crippen molar-refractivity contribution in [1.82, 2.24) is 15.0 Å². The number of thioether (sulfide) groups is 1. The third kappa shape index (κ3) is 4.32. The SMILES string of the molecule is Cc1ccc(NC(=O)CSc2nc(N)nc(N)n2)cc1C. The van der Waals surface area contributed by atoms with E-state index in [4.69, 9.17) is 11.5 Å². The van der Waals surface area contributed by atoms with Crippen LogP contribution in [0.1, 0.15) is 11.1 Å². The molecule has 1 heterocycles. The van der Waals surface area contributed by atoms with Gasteiger partial charge in [0.15, 0.2) is 5.16 Å². The number of carbonyl (C=O) groups is 1. The Balaban J connectivity index is 1.94. The summed E-state index contributed by atoms with van der Waals surface area (Å²) in [6.45, 7) is 4.02. The molecular weight excluding hydrogens is 288 g/mol. The predicted molar refractivity (Wildman–Crippen MR) is 83.9 cm³/mol. The van der Waals surface area contributed by atoms with Crippen LogP contribution in [0.2, 0.25) is 0 Å². The van der Waals surface area contributed by atoms with Crippen LogP contribution in [-0.2, 0) is 4.79 Å². The van der Waals surface area contributed by atoms with Crippen molar-refractivity contribution in [1.29, 1.82) is 0 Å². The molecule has 5 N–H and O–H groups in total. The lowest BCUT2D eigenvalue weighted by molar-refractivity contribution is -0.113. The Bertz CT molecular complexity index is 655. The number of nitrogens with one attached hydrogen (secondary N) is 1. The first-order chi connectivity index (χ1) is 9.94. The maximum absolute atomic E-state index is 11.9. The van der Waals surface area contributed by atoms with Crippen LogP contribution in [0.25, 0.3) is 0 Å². The molecule has 0 aliphatic rings. The van der Waals surface area contributed by atoms with Gasteiger partial charge in [-0.05, 0) is 37.1 Å². The third-order valence-electron chi connectivity index (χ3n) is 2.77. The summed E-state index contributed by atoms with van der Waals surface area (Å²) in [5.74, 6) is 0.0930. The Morgan fingerprint density at radius 1 is 1.14 bits per heavy atom. The maximum atomic E-state index is 11.9. The van der Waals surface area contributed by atoms with Crippen LogP contribution in [0.4, 0.5) is 17.6 Å². The second kappa shape index (κ2) is 6.40. The number of amides is 1. The van der Waals surface area contributed by atoms with E-state index in [0.717, 1.165) is 23.0 Å². The minimum absolute atomic E-state index is 0.0413. The summed E-state index contributed by atoms with van der Waals surface area (Å²) in [6, 6.07) is 5.76. The molecule has 0 bridgehead atoms. The second-order valence-corrected chi connectivity index (χ2v) is 5.41. The van der Waals surface area contributed by atoms with Crippen molar-refractivity contribution >= 4 is 35.3 Å². The van der Waals surface area contributed by atoms with E-state index in [1.54, 1.807) is 0 Å². The second-order valence-electron chi connectivity index (χ2n) is 4.47. The molecule has 1 amide bonds. The monoisotopic (exact) mass is 304 g/mol. The largest absolute Gasteiger partial charge is 0.368 e. The van der Waals surface area contributed by atoms with Gasteiger partial charge in [-0.25, -0.2) is 0 Å². The van der Waals surface area contributed by atoms with Gasteiger partial charge in [-0.15, -0.1) is 0 Å². The van der Waals surface area contributed by atoms with Crippen molar-refractivity contribution in [3.63, 3.8) is 0 Å². The summed E-state index contributed by atoms with van der Waals surface area (Å²) in [5, 5.41) is 3.14. The molecule has 8 heteroatoms. The molecule has 1 aromatic carbocycles. The number of rotatable bonds is 4. The molecule has 2 aromatic rings. The molecule has 0 unspecified atom stereocenters. The van der Waals surface area contributed by atoms with Gasteiger partial charge in [0.05, 0.1) is 5.75 Å². The number of anilines is 3. The number of aromatic nitrogens is 3. The molecule has 0 atom stereocenters. The van der Waals surface area contributed by atoms with Crippen molar-refractivity contribution in [2.45, 2.75) is 19.0 Å². The van der Waals surface area contributed by atoms with Crippen LogP contribution in [-0.4, -0.2) is 26.6 Å². The van der Waals surface area contributed by atoms with Gasteiger partial charge < -0.3 is 16.8 Å². The highest BCUT2D eigenvalue weighted by Crippen LogP contribution is 2.17. The van der Waals surface area contributed by atoms with E-state index in [2.05, 4.69) is 20.3 Å². The number of hydrogen-bond donors (Lipinski definition) is 3. The van der Waals surface area contributed by atoms with Crippen LogP contribution < -0.4 is 16.8 Å². The zero-order valence-electron chi connectivity index (χ0n) is 11.8. The van der Waals surface area contributed by atoms with Gasteiger partial charge in [0.2, 0.25) is 17.8 Å². The molecule has 0 fully saturated rings. The minimum Gasteiger partial charge on any atom is -0.368 e. The molecule has 7 nitrogen and oxygen atoms in total. The molecule has 21 heavy (non-hydrogen) atoms. The van der Waals surface area contributed by atoms with E-state index in [0.29, 0.717) is 5.16 Å². The molecule has 0 saturated heterocycles. The first-order valence-corrected chi connectivity index (χ1v) is 7.19. The first kappa shape index (κ1) is 15.0. The third-order valence-corrected chi connectivity index (χ3v) is 3.62. The predicted octanol–water partition coefficient (Wildman–Crippen LogP) is 1.38. The fraction of sp³-hybridized carbons (Fsp3) is 0.231. The zero-order chi connectivity index (χ0) is 15.4. The van der Waals surface area contributed by atoms with Gasteiger partial charge in [-0.3, -0.25) is 4.79 Å². The lowest BCUT2D eigenvalue weighted by Gasteiger charge is -2.07. The van der Waals surface area contributed by atoms with Gasteiger partial charge in [-0.1, -0.05) is 17.8 Å². The van der Waals surface area contributed by atoms with E-state index in [1.165, 1.54) is 5.56 Å². The summed E-state index contributed by atoms with van der Waals surface area (Å²) >= 11 is 1.15. The number of nitrogen functional groups attached to an aromatic ring is 2. The fourth-order valence-corrected chi connectivity index (χ4v) is 2.25. The number of benzene rings is 1. The standard InChI is InChI=1S/C13H16N6OS/c1-7-3-4-9(5-8(7)2)16-10(20)6-21-13-18-11(14)17-12(15)19-13/h3-5H,6H2,1-2H3,(H,16,20)(H4,14,15,17,18,19). The first-order valence-electron chi connectivity index (χ1n) is 6.21. The summed E-state index contributed by atoms with van der Waals surface area (Å²) in [6.07, 6.45) is 0. The average Bonchev–Trinajstić information content (AvgIpc) is 2.40. The smallest absolute Gasteiger partial charge is 0.234 e. The quantitative estimate of drug-likeness (QED) is 0.730. The van der Waals surface area contributed by atoms with E-state index in [1.807, 2.05) is 32.0 Å². The van der Waals surface area contributed by atoms with E-state index in [9.17, 15) is 4.79 Å². The van der Waals surface area contributed by atoms with Crippen LogP contribution in [0, 0.1) is 13.8 Å². The summed E-state index contributed by atoms with van der Waals surface area (Å²) in [5.41, 5.74) is 14.0. The highest BCUT2D eigenvalue weighted by Gasteiger charge is 2.08. The molecule has 0 aliphatic carbocycles. The molecule has 0 aliphatic heterocycles. The Morgan fingerprint density at radius 2 is 1.81 bits per heavy atom. The molecule has 2 rings (SSSR count). The molecule has 0 radical (unpaired) electrons. The molecule has 0 saturated carbocycles. The van der Waals surface area contributed by atoms with Crippen molar-refractivity contribution in [3.05, 3.63) is 29.3 Å². The summed E-state index contributed by atoms with van der Waals surface area (Å²) in [4.78, 5) is 23.3. The van der Waals surface area contributed by atoms with Gasteiger partial charge in [0.25, 0.3) is 0 Å². The molecule has 0 spiro atoms. The van der Waals surface area contributed by atoms with Gasteiger partial charge in [0, 0.05) is 5.69 Å². The van der Waals surface area contributed by atoms with Gasteiger partial charge >= 0.3 is 0 Å². The highest BCUT2D eigenvalue weighted by molar-refractivity contribution is 7.99. The maximum Gasteiger partial charge on any atom is 0.234 e. The lowest BCUT2D eigenvalue weighted by Crippen LogP contribution is -2.15. The number of nitrogens with two attached hydrogens (primary N) is 2. The fourth-order valence-electron chi connectivity index (χ4n) is 1.60. The topological polar surface area (TPSA) is 120 Å². The van der Waals surface area contributed by atoms with E-state index in [-0.39, 0.29) is 23.6 Å². The summed E-state index contributed by atoms with van der Waals surface area (Å²) in [7, 11) is 0. The minimum atomic E-state index is -0.152.